The minimum atomic E-state index is -0.142. The first-order valence-electron chi connectivity index (χ1n) is 3.20. The number of hydrogen-bond donors (Lipinski definition) is 0. The van der Waals surface area contributed by atoms with Gasteiger partial charge in [0.15, 0.2) is 0 Å². The third kappa shape index (κ3) is 0.622. The van der Waals surface area contributed by atoms with E-state index in [1.807, 2.05) is 12.2 Å². The Morgan fingerprint density at radius 3 is 2.50 bits per heavy atom. The van der Waals surface area contributed by atoms with E-state index in [9.17, 15) is 0 Å². The van der Waals surface area contributed by atoms with E-state index < -0.39 is 0 Å². The van der Waals surface area contributed by atoms with Gasteiger partial charge in [-0.05, 0) is 0 Å². The fourth-order valence-corrected chi connectivity index (χ4v) is 1.75. The first-order chi connectivity index (χ1) is 4.83. The van der Waals surface area contributed by atoms with E-state index in [4.69, 9.17) is 21.6 Å². The zero-order valence-corrected chi connectivity index (χ0v) is 5.95. The van der Waals surface area contributed by atoms with Crippen LogP contribution < -0.4 is 0 Å². The summed E-state index contributed by atoms with van der Waals surface area (Å²) in [5.74, 6) is -0.142. The molecule has 2 rings (SSSR count). The highest BCUT2D eigenvalue weighted by atomic mass is 35.5. The predicted octanol–water partition coefficient (Wildman–Crippen LogP) is 1.07. The molecule has 4 atom stereocenters. The second-order valence-corrected chi connectivity index (χ2v) is 3.05. The van der Waals surface area contributed by atoms with Crippen molar-refractivity contribution in [3.63, 3.8) is 0 Å². The third-order valence-electron chi connectivity index (χ3n) is 1.96. The van der Waals surface area contributed by atoms with E-state index in [2.05, 4.69) is 6.07 Å². The maximum Gasteiger partial charge on any atom is 0.0953 e. The van der Waals surface area contributed by atoms with Crippen molar-refractivity contribution in [1.29, 1.82) is 5.26 Å². The van der Waals surface area contributed by atoms with Gasteiger partial charge >= 0.3 is 0 Å². The molecule has 52 valence electrons. The molecule has 2 heterocycles. The van der Waals surface area contributed by atoms with Crippen molar-refractivity contribution in [2.45, 2.75) is 17.6 Å². The van der Waals surface area contributed by atoms with E-state index >= 15 is 0 Å². The van der Waals surface area contributed by atoms with Crippen LogP contribution in [0.3, 0.4) is 0 Å². The Hall–Kier alpha value is -0.520. The minimum Gasteiger partial charge on any atom is -0.364 e. The molecule has 0 spiro atoms. The summed E-state index contributed by atoms with van der Waals surface area (Å²) in [6, 6.07) is 2.14. The van der Waals surface area contributed by atoms with Gasteiger partial charge in [-0.1, -0.05) is 12.2 Å². The predicted molar refractivity (Wildman–Crippen MR) is 36.5 cm³/mol. The highest BCUT2D eigenvalue weighted by Gasteiger charge is 2.44. The topological polar surface area (TPSA) is 33.0 Å². The fourth-order valence-electron chi connectivity index (χ4n) is 1.41. The maximum absolute atomic E-state index is 8.61. The number of fused-ring (bicyclic) bond motifs is 2. The van der Waals surface area contributed by atoms with Gasteiger partial charge in [0.05, 0.1) is 29.6 Å². The smallest absolute Gasteiger partial charge is 0.0953 e. The number of ether oxygens (including phenoxy) is 1. The molecule has 1 fully saturated rings. The van der Waals surface area contributed by atoms with Gasteiger partial charge in [0.1, 0.15) is 0 Å². The van der Waals surface area contributed by atoms with Crippen molar-refractivity contribution in [1.82, 2.24) is 0 Å². The molecule has 0 aromatic rings. The number of alkyl halides is 1. The Balaban J connectivity index is 2.28. The summed E-state index contributed by atoms with van der Waals surface area (Å²) in [5.41, 5.74) is 0. The number of hydrogen-bond acceptors (Lipinski definition) is 2. The van der Waals surface area contributed by atoms with Crippen LogP contribution in [0.4, 0.5) is 0 Å². The Bertz CT molecular complexity index is 220. The number of rotatable bonds is 0. The van der Waals surface area contributed by atoms with Crippen molar-refractivity contribution in [2.24, 2.45) is 5.92 Å². The van der Waals surface area contributed by atoms with Crippen molar-refractivity contribution in [3.05, 3.63) is 12.2 Å². The van der Waals surface area contributed by atoms with Gasteiger partial charge < -0.3 is 4.74 Å². The standard InChI is InChI=1S/C7H6ClNO/c8-7-4(3-9)5-1-2-6(7)10-5/h1-2,4-7H. The molecule has 1 saturated heterocycles. The van der Waals surface area contributed by atoms with Gasteiger partial charge in [-0.3, -0.25) is 0 Å². The highest BCUT2D eigenvalue weighted by Crippen LogP contribution is 2.36. The SMILES string of the molecule is N#CC1C2C=CC(O2)C1Cl. The van der Waals surface area contributed by atoms with Gasteiger partial charge in [0.2, 0.25) is 0 Å². The average Bonchev–Trinajstić information content (AvgIpc) is 2.46. The lowest BCUT2D eigenvalue weighted by molar-refractivity contribution is 0.115. The van der Waals surface area contributed by atoms with Gasteiger partial charge in [0, 0.05) is 0 Å². The van der Waals surface area contributed by atoms with Gasteiger partial charge in [0.25, 0.3) is 0 Å². The Labute approximate surface area is 64.0 Å². The van der Waals surface area contributed by atoms with E-state index in [1.165, 1.54) is 0 Å². The van der Waals surface area contributed by atoms with Crippen LogP contribution in [0.2, 0.25) is 0 Å². The molecule has 0 N–H and O–H groups in total. The van der Waals surface area contributed by atoms with Crippen LogP contribution in [0, 0.1) is 17.2 Å². The molecule has 2 bridgehead atoms. The lowest BCUT2D eigenvalue weighted by Crippen LogP contribution is -2.22. The van der Waals surface area contributed by atoms with Crippen molar-refractivity contribution < 1.29 is 4.74 Å². The summed E-state index contributed by atoms with van der Waals surface area (Å²) in [5, 5.41) is 8.47. The van der Waals surface area contributed by atoms with Crippen LogP contribution in [0.1, 0.15) is 0 Å². The van der Waals surface area contributed by atoms with Gasteiger partial charge in [-0.2, -0.15) is 5.26 Å². The molecule has 2 nitrogen and oxygen atoms in total. The van der Waals surface area contributed by atoms with Crippen LogP contribution in [-0.4, -0.2) is 17.6 Å². The van der Waals surface area contributed by atoms with Crippen LogP contribution in [0.25, 0.3) is 0 Å². The molecule has 0 saturated carbocycles. The molecule has 10 heavy (non-hydrogen) atoms. The van der Waals surface area contributed by atoms with Crippen LogP contribution in [-0.2, 0) is 4.74 Å². The highest BCUT2D eigenvalue weighted by molar-refractivity contribution is 6.21. The van der Waals surface area contributed by atoms with E-state index in [-0.39, 0.29) is 23.5 Å². The van der Waals surface area contributed by atoms with Crippen LogP contribution >= 0.6 is 11.6 Å². The number of nitriles is 1. The van der Waals surface area contributed by atoms with Crippen LogP contribution in [0.15, 0.2) is 12.2 Å². The van der Waals surface area contributed by atoms with Crippen molar-refractivity contribution >= 4 is 11.6 Å². The summed E-state index contributed by atoms with van der Waals surface area (Å²) in [7, 11) is 0. The zero-order valence-electron chi connectivity index (χ0n) is 5.20. The lowest BCUT2D eigenvalue weighted by Gasteiger charge is -2.10. The quantitative estimate of drug-likeness (QED) is 0.387. The molecular weight excluding hydrogens is 150 g/mol. The first-order valence-corrected chi connectivity index (χ1v) is 3.64. The Morgan fingerprint density at radius 2 is 2.10 bits per heavy atom. The summed E-state index contributed by atoms with van der Waals surface area (Å²) in [6.07, 6.45) is 3.78. The molecule has 0 radical (unpaired) electrons. The molecule has 3 heteroatoms. The molecule has 2 aliphatic heterocycles. The maximum atomic E-state index is 8.61. The van der Waals surface area contributed by atoms with Gasteiger partial charge in [-0.15, -0.1) is 11.6 Å². The Morgan fingerprint density at radius 1 is 1.40 bits per heavy atom. The van der Waals surface area contributed by atoms with E-state index in [1.54, 1.807) is 0 Å². The largest absolute Gasteiger partial charge is 0.364 e. The molecule has 0 aromatic carbocycles. The van der Waals surface area contributed by atoms with Crippen molar-refractivity contribution in [3.8, 4) is 6.07 Å². The van der Waals surface area contributed by atoms with E-state index in [0.29, 0.717) is 0 Å². The second-order valence-electron chi connectivity index (χ2n) is 2.55. The summed E-state index contributed by atoms with van der Waals surface area (Å²) >= 11 is 5.88. The molecule has 4 unspecified atom stereocenters. The van der Waals surface area contributed by atoms with Crippen LogP contribution in [0.5, 0.6) is 0 Å². The second kappa shape index (κ2) is 1.98. The first kappa shape index (κ1) is 6.21. The minimum absolute atomic E-state index is 0.0173. The van der Waals surface area contributed by atoms with Gasteiger partial charge in [-0.25, -0.2) is 0 Å². The van der Waals surface area contributed by atoms with Crippen molar-refractivity contribution in [2.75, 3.05) is 0 Å². The number of halogens is 1. The lowest BCUT2D eigenvalue weighted by atomic mass is 9.95. The number of nitrogens with zero attached hydrogens (tertiary/aromatic N) is 1. The molecular formula is C7H6ClNO. The molecule has 0 aromatic heterocycles. The third-order valence-corrected chi connectivity index (χ3v) is 2.48. The molecule has 0 amide bonds. The molecule has 0 aliphatic carbocycles. The summed E-state index contributed by atoms with van der Waals surface area (Å²) < 4.78 is 5.32. The average molecular weight is 156 g/mol. The fraction of sp³-hybridized carbons (Fsp3) is 0.571. The summed E-state index contributed by atoms with van der Waals surface area (Å²) in [6.45, 7) is 0. The monoisotopic (exact) mass is 155 g/mol. The van der Waals surface area contributed by atoms with E-state index in [0.717, 1.165) is 0 Å². The zero-order chi connectivity index (χ0) is 7.14. The molecule has 2 aliphatic rings. The normalized spacial score (nSPS) is 49.6. The summed E-state index contributed by atoms with van der Waals surface area (Å²) in [4.78, 5) is 0. The Kier molecular flexibility index (Phi) is 1.23.